The molecule has 0 N–H and O–H groups in total. The van der Waals surface area contributed by atoms with Gasteiger partial charge in [0.05, 0.1) is 18.8 Å². The van der Waals surface area contributed by atoms with E-state index in [1.807, 2.05) is 0 Å². The molecule has 2 heterocycles. The number of hydrogen-bond acceptors (Lipinski definition) is 3. The molecular weight excluding hydrogens is 204 g/mol. The summed E-state index contributed by atoms with van der Waals surface area (Å²) in [5.41, 5.74) is 0.762. The number of aromatic nitrogens is 2. The van der Waals surface area contributed by atoms with Gasteiger partial charge in [-0.05, 0) is 12.1 Å². The van der Waals surface area contributed by atoms with E-state index in [1.54, 1.807) is 28.9 Å². The summed E-state index contributed by atoms with van der Waals surface area (Å²) < 4.78 is 6.20. The summed E-state index contributed by atoms with van der Waals surface area (Å²) in [4.78, 5) is 15.2. The average molecular weight is 211 g/mol. The van der Waals surface area contributed by atoms with Gasteiger partial charge < -0.3 is 4.74 Å². The van der Waals surface area contributed by atoms with Crippen molar-refractivity contribution in [2.24, 2.45) is 0 Å². The third-order valence-corrected chi connectivity index (χ3v) is 2.10. The largest absolute Gasteiger partial charge is 0.463 e. The third-order valence-electron chi connectivity index (χ3n) is 1.86. The highest BCUT2D eigenvalue weighted by Gasteiger charge is 2.12. The Morgan fingerprint density at radius 1 is 1.64 bits per heavy atom. The number of hydrogen-bond donors (Lipinski definition) is 0. The van der Waals surface area contributed by atoms with Crippen LogP contribution in [0.5, 0.6) is 0 Å². The smallest absolute Gasteiger partial charge is 0.374 e. The van der Waals surface area contributed by atoms with Gasteiger partial charge >= 0.3 is 5.97 Å². The zero-order chi connectivity index (χ0) is 10.1. The first kappa shape index (κ1) is 9.02. The first-order chi connectivity index (χ1) is 6.72. The highest BCUT2D eigenvalue weighted by molar-refractivity contribution is 6.30. The Kier molecular flexibility index (Phi) is 2.13. The van der Waals surface area contributed by atoms with E-state index in [2.05, 4.69) is 9.72 Å². The summed E-state index contributed by atoms with van der Waals surface area (Å²) in [5.74, 6) is -0.216. The number of carbonyl (C=O) groups is 1. The lowest BCUT2D eigenvalue weighted by Crippen LogP contribution is -2.06. The van der Waals surface area contributed by atoms with Gasteiger partial charge in [0.1, 0.15) is 0 Å². The number of halogens is 1. The number of esters is 1. The van der Waals surface area contributed by atoms with Gasteiger partial charge in [-0.15, -0.1) is 0 Å². The van der Waals surface area contributed by atoms with Crippen molar-refractivity contribution < 1.29 is 9.53 Å². The number of imidazole rings is 1. The summed E-state index contributed by atoms with van der Waals surface area (Å²) in [6, 6.07) is 3.41. The zero-order valence-electron chi connectivity index (χ0n) is 7.40. The topological polar surface area (TPSA) is 43.6 Å². The van der Waals surface area contributed by atoms with Crippen molar-refractivity contribution in [2.75, 3.05) is 7.11 Å². The third kappa shape index (κ3) is 1.33. The van der Waals surface area contributed by atoms with Crippen LogP contribution in [-0.4, -0.2) is 22.5 Å². The van der Waals surface area contributed by atoms with Gasteiger partial charge in [0.2, 0.25) is 5.82 Å². The van der Waals surface area contributed by atoms with Crippen LogP contribution in [0.2, 0.25) is 5.02 Å². The maximum absolute atomic E-state index is 11.2. The maximum Gasteiger partial charge on any atom is 0.374 e. The summed E-state index contributed by atoms with van der Waals surface area (Å²) in [5, 5.41) is 0.605. The van der Waals surface area contributed by atoms with Crippen LogP contribution in [0.3, 0.4) is 0 Å². The molecule has 2 rings (SSSR count). The van der Waals surface area contributed by atoms with Crippen LogP contribution in [0.25, 0.3) is 5.52 Å². The molecule has 0 spiro atoms. The van der Waals surface area contributed by atoms with Crippen LogP contribution in [-0.2, 0) is 4.74 Å². The molecule has 0 saturated heterocycles. The molecule has 0 fully saturated rings. The highest BCUT2D eigenvalue weighted by Crippen LogP contribution is 2.14. The molecule has 0 amide bonds. The van der Waals surface area contributed by atoms with Gasteiger partial charge in [-0.3, -0.25) is 4.40 Å². The molecule has 0 radical (unpaired) electrons. The molecule has 0 aliphatic rings. The van der Waals surface area contributed by atoms with Gasteiger partial charge in [0.15, 0.2) is 0 Å². The minimum absolute atomic E-state index is 0.249. The Labute approximate surface area is 85.1 Å². The van der Waals surface area contributed by atoms with Crippen LogP contribution < -0.4 is 0 Å². The van der Waals surface area contributed by atoms with Crippen molar-refractivity contribution in [2.45, 2.75) is 0 Å². The minimum atomic E-state index is -0.465. The van der Waals surface area contributed by atoms with Gasteiger partial charge in [-0.25, -0.2) is 9.78 Å². The molecule has 0 aliphatic heterocycles. The second-order valence-corrected chi connectivity index (χ2v) is 3.15. The van der Waals surface area contributed by atoms with E-state index >= 15 is 0 Å². The maximum atomic E-state index is 11.2. The Bertz CT molecular complexity index is 493. The Balaban J connectivity index is 2.64. The monoisotopic (exact) mass is 210 g/mol. The predicted molar refractivity (Wildman–Crippen MR) is 51.5 cm³/mol. The summed E-state index contributed by atoms with van der Waals surface area (Å²) in [6.45, 7) is 0. The van der Waals surface area contributed by atoms with Crippen molar-refractivity contribution in [1.82, 2.24) is 9.38 Å². The molecule has 0 atom stereocenters. The average Bonchev–Trinajstić information content (AvgIpc) is 2.59. The molecule has 0 saturated carbocycles. The number of nitrogens with zero attached hydrogens (tertiary/aromatic N) is 2. The number of ether oxygens (including phenoxy) is 1. The van der Waals surface area contributed by atoms with E-state index in [4.69, 9.17) is 11.6 Å². The molecule has 0 aromatic carbocycles. The van der Waals surface area contributed by atoms with Crippen LogP contribution >= 0.6 is 11.6 Å². The second kappa shape index (κ2) is 3.31. The fraction of sp³-hybridized carbons (Fsp3) is 0.111. The molecule has 72 valence electrons. The summed E-state index contributed by atoms with van der Waals surface area (Å²) >= 11 is 5.78. The molecule has 2 aromatic rings. The van der Waals surface area contributed by atoms with Crippen molar-refractivity contribution in [3.63, 3.8) is 0 Å². The van der Waals surface area contributed by atoms with E-state index in [1.165, 1.54) is 7.11 Å². The minimum Gasteiger partial charge on any atom is -0.463 e. The van der Waals surface area contributed by atoms with E-state index in [9.17, 15) is 4.79 Å². The van der Waals surface area contributed by atoms with Gasteiger partial charge in [0.25, 0.3) is 0 Å². The SMILES string of the molecule is COC(=O)c1ncc2cc(Cl)ccn12. The summed E-state index contributed by atoms with van der Waals surface area (Å²) in [6.07, 6.45) is 3.25. The quantitative estimate of drug-likeness (QED) is 0.674. The van der Waals surface area contributed by atoms with Gasteiger partial charge in [-0.1, -0.05) is 11.6 Å². The standard InChI is InChI=1S/C9H7ClN2O2/c1-14-9(13)8-11-5-7-4-6(10)2-3-12(7)8/h2-5H,1H3. The van der Waals surface area contributed by atoms with Crippen molar-refractivity contribution in [3.8, 4) is 0 Å². The van der Waals surface area contributed by atoms with Crippen molar-refractivity contribution in [3.05, 3.63) is 35.4 Å². The molecule has 4 nitrogen and oxygen atoms in total. The number of fused-ring (bicyclic) bond motifs is 1. The van der Waals surface area contributed by atoms with E-state index in [0.717, 1.165) is 5.52 Å². The van der Waals surface area contributed by atoms with Crippen molar-refractivity contribution >= 4 is 23.1 Å². The number of pyridine rings is 1. The molecule has 0 aliphatic carbocycles. The lowest BCUT2D eigenvalue weighted by atomic mass is 10.4. The van der Waals surface area contributed by atoms with Crippen LogP contribution in [0.4, 0.5) is 0 Å². The molecule has 0 bridgehead atoms. The number of carbonyl (C=O) groups excluding carboxylic acids is 1. The van der Waals surface area contributed by atoms with E-state index < -0.39 is 5.97 Å². The van der Waals surface area contributed by atoms with E-state index in [0.29, 0.717) is 5.02 Å². The number of methoxy groups -OCH3 is 1. The lowest BCUT2D eigenvalue weighted by Gasteiger charge is -1.98. The Morgan fingerprint density at radius 2 is 2.43 bits per heavy atom. The second-order valence-electron chi connectivity index (χ2n) is 2.71. The molecule has 14 heavy (non-hydrogen) atoms. The molecule has 0 unspecified atom stereocenters. The number of rotatable bonds is 1. The van der Waals surface area contributed by atoms with Crippen LogP contribution in [0.15, 0.2) is 24.5 Å². The zero-order valence-corrected chi connectivity index (χ0v) is 8.15. The van der Waals surface area contributed by atoms with Crippen LogP contribution in [0.1, 0.15) is 10.6 Å². The predicted octanol–water partition coefficient (Wildman–Crippen LogP) is 1.77. The van der Waals surface area contributed by atoms with Crippen LogP contribution in [0, 0.1) is 0 Å². The molecular formula is C9H7ClN2O2. The van der Waals surface area contributed by atoms with Gasteiger partial charge in [0, 0.05) is 11.2 Å². The molecule has 5 heteroatoms. The van der Waals surface area contributed by atoms with Gasteiger partial charge in [-0.2, -0.15) is 0 Å². The first-order valence-corrected chi connectivity index (χ1v) is 4.31. The lowest BCUT2D eigenvalue weighted by molar-refractivity contribution is 0.0586. The fourth-order valence-electron chi connectivity index (χ4n) is 1.21. The first-order valence-electron chi connectivity index (χ1n) is 3.93. The van der Waals surface area contributed by atoms with E-state index in [-0.39, 0.29) is 5.82 Å². The Morgan fingerprint density at radius 3 is 3.14 bits per heavy atom. The highest BCUT2D eigenvalue weighted by atomic mass is 35.5. The summed E-state index contributed by atoms with van der Waals surface area (Å²) in [7, 11) is 1.32. The van der Waals surface area contributed by atoms with Crippen molar-refractivity contribution in [1.29, 1.82) is 0 Å². The Hall–Kier alpha value is -1.55. The fourth-order valence-corrected chi connectivity index (χ4v) is 1.38. The molecule has 2 aromatic heterocycles. The normalized spacial score (nSPS) is 10.4.